The molecule has 42 heavy (non-hydrogen) atoms. The Hall–Kier alpha value is -3.89. The van der Waals surface area contributed by atoms with Crippen LogP contribution in [0.15, 0.2) is 36.7 Å². The van der Waals surface area contributed by atoms with Crippen LogP contribution in [0.4, 0.5) is 35.1 Å². The number of carbonyl (C=O) groups excluding carboxylic acids is 2. The predicted molar refractivity (Wildman–Crippen MR) is 128 cm³/mol. The molecule has 3 aromatic rings. The van der Waals surface area contributed by atoms with Gasteiger partial charge < -0.3 is 15.7 Å². The summed E-state index contributed by atoms with van der Waals surface area (Å²) in [6.07, 6.45) is -12.0. The molecule has 228 valence electrons. The van der Waals surface area contributed by atoms with Crippen LogP contribution >= 0.6 is 0 Å². The number of alkyl halides is 8. The van der Waals surface area contributed by atoms with Crippen molar-refractivity contribution < 1.29 is 49.8 Å². The molecule has 4 rings (SSSR count). The van der Waals surface area contributed by atoms with Gasteiger partial charge in [-0.15, -0.1) is 0 Å². The molecule has 2 amide bonds. The first-order chi connectivity index (χ1) is 19.5. The Bertz CT molecular complexity index is 1430. The molecule has 0 spiro atoms. The molecule has 1 aliphatic rings. The van der Waals surface area contributed by atoms with Gasteiger partial charge in [-0.1, -0.05) is 6.07 Å². The smallest absolute Gasteiger partial charge is 0.369 e. The minimum atomic E-state index is -4.81. The van der Waals surface area contributed by atoms with Crippen molar-refractivity contribution in [1.82, 2.24) is 30.2 Å². The molecule has 1 fully saturated rings. The molecule has 0 aromatic carbocycles. The molecule has 9 nitrogen and oxygen atoms in total. The maximum absolute atomic E-state index is 13.9. The number of aromatic nitrogens is 4. The van der Waals surface area contributed by atoms with Crippen LogP contribution in [0, 0.1) is 5.92 Å². The van der Waals surface area contributed by atoms with E-state index in [9.17, 15) is 49.8 Å². The highest BCUT2D eigenvalue weighted by Crippen LogP contribution is 2.41. The van der Waals surface area contributed by atoms with Gasteiger partial charge in [0.05, 0.1) is 30.6 Å². The zero-order valence-corrected chi connectivity index (χ0v) is 21.5. The fourth-order valence-electron chi connectivity index (χ4n) is 4.54. The van der Waals surface area contributed by atoms with Crippen LogP contribution in [0.25, 0.3) is 5.65 Å². The van der Waals surface area contributed by atoms with E-state index in [-0.39, 0.29) is 29.7 Å². The first kappa shape index (κ1) is 31.1. The van der Waals surface area contributed by atoms with E-state index in [0.717, 1.165) is 18.3 Å². The van der Waals surface area contributed by atoms with E-state index in [2.05, 4.69) is 20.4 Å². The molecule has 0 aliphatic heterocycles. The van der Waals surface area contributed by atoms with Gasteiger partial charge in [0.1, 0.15) is 11.4 Å². The normalized spacial score (nSPS) is 17.5. The highest BCUT2D eigenvalue weighted by Gasteiger charge is 2.40. The molecule has 17 heteroatoms. The predicted octanol–water partition coefficient (Wildman–Crippen LogP) is 4.89. The minimum Gasteiger partial charge on any atom is -0.369 e. The Kier molecular flexibility index (Phi) is 8.71. The van der Waals surface area contributed by atoms with E-state index in [4.69, 9.17) is 0 Å². The zero-order valence-electron chi connectivity index (χ0n) is 21.5. The van der Waals surface area contributed by atoms with Crippen LogP contribution < -0.4 is 10.6 Å². The van der Waals surface area contributed by atoms with Crippen LogP contribution in [-0.2, 0) is 11.0 Å². The number of hydrogen-bond donors (Lipinski definition) is 3. The molecule has 0 unspecified atom stereocenters. The number of rotatable bonds is 8. The first-order valence-corrected chi connectivity index (χ1v) is 12.6. The Morgan fingerprint density at radius 3 is 2.40 bits per heavy atom. The molecular formula is C25H24F8N6O3. The topological polar surface area (TPSA) is 122 Å². The van der Waals surface area contributed by atoms with Crippen LogP contribution in [0.5, 0.6) is 0 Å². The summed E-state index contributed by atoms with van der Waals surface area (Å²) in [6.45, 7) is 0. The molecule has 1 aliphatic carbocycles. The van der Waals surface area contributed by atoms with Gasteiger partial charge in [0, 0.05) is 24.8 Å². The van der Waals surface area contributed by atoms with Crippen molar-refractivity contribution in [2.75, 3.05) is 0 Å². The maximum Gasteiger partial charge on any atom is 0.433 e. The Morgan fingerprint density at radius 1 is 1.07 bits per heavy atom. The molecule has 0 saturated heterocycles. The van der Waals surface area contributed by atoms with E-state index < -0.39 is 85.3 Å². The third-order valence-electron chi connectivity index (χ3n) is 6.72. The van der Waals surface area contributed by atoms with Crippen molar-refractivity contribution in [1.29, 1.82) is 0 Å². The van der Waals surface area contributed by atoms with Gasteiger partial charge in [0.15, 0.2) is 11.9 Å². The maximum atomic E-state index is 13.9. The number of nitrogens with zero attached hydrogens (tertiary/aromatic N) is 4. The number of pyridine rings is 1. The van der Waals surface area contributed by atoms with Crippen molar-refractivity contribution in [3.8, 4) is 0 Å². The van der Waals surface area contributed by atoms with Crippen LogP contribution in [0.2, 0.25) is 0 Å². The van der Waals surface area contributed by atoms with Gasteiger partial charge in [0.25, 0.3) is 5.91 Å². The second-order valence-electron chi connectivity index (χ2n) is 9.89. The Balaban J connectivity index is 1.58. The number of aliphatic hydroxyl groups excluding tert-OH is 1. The summed E-state index contributed by atoms with van der Waals surface area (Å²) < 4.78 is 105. The number of aliphatic hydroxyl groups is 1. The quantitative estimate of drug-likeness (QED) is 0.248. The standard InChI is InChI=1S/C25H24F8N6O3/c26-23(27)7-4-13(5-8-23)20(38-22(42)15-2-1-3-17(35-15)25(31,32)33)16-12-39-18(36-16)10-14(11-34-39)21(41)37-19(40)6-9-24(28,29)30/h1-3,10-13,20-21,41H,4-9H2,(H,37,40)(H,38,42)/t20-,21+/m0/s1. The van der Waals surface area contributed by atoms with Crippen molar-refractivity contribution in [3.63, 3.8) is 0 Å². The lowest BCUT2D eigenvalue weighted by Crippen LogP contribution is -2.37. The van der Waals surface area contributed by atoms with Gasteiger partial charge in [-0.3, -0.25) is 9.59 Å². The number of imidazole rings is 1. The van der Waals surface area contributed by atoms with Crippen molar-refractivity contribution in [3.05, 3.63) is 59.3 Å². The van der Waals surface area contributed by atoms with Gasteiger partial charge in [-0.05, 0) is 37.0 Å². The van der Waals surface area contributed by atoms with Gasteiger partial charge in [-0.2, -0.15) is 31.4 Å². The van der Waals surface area contributed by atoms with E-state index in [1.54, 1.807) is 0 Å². The number of amides is 2. The summed E-state index contributed by atoms with van der Waals surface area (Å²) in [5.74, 6) is -5.55. The minimum absolute atomic E-state index is 0.0360. The van der Waals surface area contributed by atoms with Crippen molar-refractivity contribution >= 4 is 17.5 Å². The van der Waals surface area contributed by atoms with Crippen LogP contribution in [0.3, 0.4) is 0 Å². The zero-order chi connectivity index (χ0) is 30.9. The van der Waals surface area contributed by atoms with Gasteiger partial charge in [0.2, 0.25) is 11.8 Å². The third-order valence-corrected chi connectivity index (χ3v) is 6.72. The van der Waals surface area contributed by atoms with Gasteiger partial charge in [-0.25, -0.2) is 23.3 Å². The lowest BCUT2D eigenvalue weighted by atomic mass is 9.81. The molecule has 3 N–H and O–H groups in total. The summed E-state index contributed by atoms with van der Waals surface area (Å²) in [6, 6.07) is 2.98. The summed E-state index contributed by atoms with van der Waals surface area (Å²) in [4.78, 5) is 32.5. The molecular weight excluding hydrogens is 584 g/mol. The highest BCUT2D eigenvalue weighted by molar-refractivity contribution is 5.92. The molecule has 2 atom stereocenters. The first-order valence-electron chi connectivity index (χ1n) is 12.6. The average Bonchev–Trinajstić information content (AvgIpc) is 3.33. The van der Waals surface area contributed by atoms with Crippen molar-refractivity contribution in [2.45, 2.75) is 69.1 Å². The Labute approximate surface area is 232 Å². The number of halogens is 8. The fourth-order valence-corrected chi connectivity index (χ4v) is 4.54. The Morgan fingerprint density at radius 2 is 1.76 bits per heavy atom. The molecule has 3 aromatic heterocycles. The third kappa shape index (κ3) is 7.89. The summed E-state index contributed by atoms with van der Waals surface area (Å²) in [7, 11) is 0. The number of nitrogens with one attached hydrogen (secondary N) is 2. The molecule has 1 saturated carbocycles. The van der Waals surface area contributed by atoms with E-state index >= 15 is 0 Å². The molecule has 3 heterocycles. The SMILES string of the molecule is O=C(CCC(F)(F)F)N[C@H](O)c1cnn2cc([C@@H](NC(=O)c3cccc(C(F)(F)F)n3)C3CCC(F)(F)CC3)nc2c1. The fraction of sp³-hybridized carbons (Fsp3) is 0.480. The lowest BCUT2D eigenvalue weighted by Gasteiger charge is -2.33. The highest BCUT2D eigenvalue weighted by atomic mass is 19.4. The molecule has 0 bridgehead atoms. The van der Waals surface area contributed by atoms with Crippen LogP contribution in [-0.4, -0.2) is 48.6 Å². The molecule has 0 radical (unpaired) electrons. The number of fused-ring (bicyclic) bond motifs is 1. The van der Waals surface area contributed by atoms with Gasteiger partial charge >= 0.3 is 12.4 Å². The lowest BCUT2D eigenvalue weighted by molar-refractivity contribution is -0.145. The van der Waals surface area contributed by atoms with E-state index in [1.807, 2.05) is 5.32 Å². The average molecular weight is 608 g/mol. The second kappa shape index (κ2) is 11.8. The number of hydrogen-bond acceptors (Lipinski definition) is 6. The monoisotopic (exact) mass is 608 g/mol. The summed E-state index contributed by atoms with van der Waals surface area (Å²) in [5.41, 5.74) is -1.70. The number of carbonyl (C=O) groups is 2. The largest absolute Gasteiger partial charge is 0.433 e. The summed E-state index contributed by atoms with van der Waals surface area (Å²) in [5, 5.41) is 18.9. The van der Waals surface area contributed by atoms with Crippen molar-refractivity contribution in [2.24, 2.45) is 5.92 Å². The van der Waals surface area contributed by atoms with E-state index in [1.165, 1.54) is 16.8 Å². The second-order valence-corrected chi connectivity index (χ2v) is 9.89. The van der Waals surface area contributed by atoms with Crippen LogP contribution in [0.1, 0.15) is 78.2 Å². The van der Waals surface area contributed by atoms with E-state index in [0.29, 0.717) is 6.07 Å². The summed E-state index contributed by atoms with van der Waals surface area (Å²) >= 11 is 0.